The summed E-state index contributed by atoms with van der Waals surface area (Å²) in [5.74, 6) is -2.50. The molecule has 5 heterocycles. The van der Waals surface area contributed by atoms with E-state index in [-0.39, 0.29) is 29.0 Å². The fourth-order valence-electron chi connectivity index (χ4n) is 6.98. The van der Waals surface area contributed by atoms with Gasteiger partial charge in [0.15, 0.2) is 23.2 Å². The third-order valence-electron chi connectivity index (χ3n) is 10.2. The smallest absolute Gasteiger partial charge is 0.306 e. The Morgan fingerprint density at radius 1 is 1.10 bits per heavy atom. The maximum absolute atomic E-state index is 15.8. The van der Waals surface area contributed by atoms with Gasteiger partial charge in [-0.2, -0.15) is 9.49 Å². The predicted molar refractivity (Wildman–Crippen MR) is 187 cm³/mol. The Morgan fingerprint density at radius 2 is 1.90 bits per heavy atom. The highest BCUT2D eigenvalue weighted by molar-refractivity contribution is 5.86. The normalized spacial score (nSPS) is 18.3. The van der Waals surface area contributed by atoms with Gasteiger partial charge in [-0.15, -0.1) is 5.10 Å². The molecule has 264 valence electrons. The summed E-state index contributed by atoms with van der Waals surface area (Å²) in [5, 5.41) is 23.8. The minimum atomic E-state index is -1.12. The summed E-state index contributed by atoms with van der Waals surface area (Å²) >= 11 is 0. The van der Waals surface area contributed by atoms with Crippen molar-refractivity contribution in [3.8, 4) is 23.0 Å². The van der Waals surface area contributed by atoms with E-state index in [4.69, 9.17) is 14.8 Å². The molecule has 2 N–H and O–H groups in total. The second-order valence-corrected chi connectivity index (χ2v) is 14.4. The van der Waals surface area contributed by atoms with Crippen molar-refractivity contribution in [2.45, 2.75) is 77.2 Å². The second kappa shape index (κ2) is 13.0. The number of pyridine rings is 1. The van der Waals surface area contributed by atoms with E-state index >= 15 is 8.78 Å². The van der Waals surface area contributed by atoms with Gasteiger partial charge in [-0.1, -0.05) is 63.1 Å². The minimum absolute atomic E-state index is 0.0425. The third kappa shape index (κ3) is 6.36. The zero-order valence-electron chi connectivity index (χ0n) is 29.2. The summed E-state index contributed by atoms with van der Waals surface area (Å²) < 4.78 is 40.7. The summed E-state index contributed by atoms with van der Waals surface area (Å²) in [6.07, 6.45) is 8.61. The van der Waals surface area contributed by atoms with Crippen molar-refractivity contribution in [2.24, 2.45) is 13.0 Å². The number of fused-ring (bicyclic) bond motifs is 10. The zero-order valence-corrected chi connectivity index (χ0v) is 29.2. The highest BCUT2D eigenvalue weighted by atomic mass is 19.2. The summed E-state index contributed by atoms with van der Waals surface area (Å²) in [5.41, 5.74) is 2.62. The predicted octanol–water partition coefficient (Wildman–Crippen LogP) is 7.49. The van der Waals surface area contributed by atoms with Crippen molar-refractivity contribution < 1.29 is 23.4 Å². The minimum Gasteiger partial charge on any atom is -0.481 e. The van der Waals surface area contributed by atoms with Crippen LogP contribution in [0.3, 0.4) is 0 Å². The molecule has 6 bridgehead atoms. The van der Waals surface area contributed by atoms with Crippen LogP contribution < -0.4 is 4.74 Å². The van der Waals surface area contributed by atoms with E-state index in [0.717, 1.165) is 42.5 Å². The number of rotatable bonds is 4. The summed E-state index contributed by atoms with van der Waals surface area (Å²) in [7, 11) is 1.79. The topological polar surface area (TPSA) is 137 Å². The number of halogens is 2. The Labute approximate surface area is 293 Å². The molecule has 13 heteroatoms. The number of benzene rings is 2. The fraction of sp³-hybridized carbons (Fsp3) is 0.368. The number of carbonyl (C=O) groups is 1. The van der Waals surface area contributed by atoms with Crippen LogP contribution in [0.2, 0.25) is 0 Å². The Morgan fingerprint density at radius 3 is 2.71 bits per heavy atom. The molecule has 1 unspecified atom stereocenters. The Kier molecular flexibility index (Phi) is 8.68. The van der Waals surface area contributed by atoms with E-state index in [2.05, 4.69) is 47.1 Å². The average molecular weight is 695 g/mol. The third-order valence-corrected chi connectivity index (χ3v) is 10.2. The summed E-state index contributed by atoms with van der Waals surface area (Å²) in [6, 6.07) is 12.9. The molecule has 0 radical (unpaired) electrons. The lowest BCUT2D eigenvalue weighted by molar-refractivity contribution is -0.141. The van der Waals surface area contributed by atoms with E-state index in [0.29, 0.717) is 34.7 Å². The maximum Gasteiger partial charge on any atom is 0.306 e. The van der Waals surface area contributed by atoms with E-state index in [1.807, 2.05) is 24.4 Å². The van der Waals surface area contributed by atoms with Crippen molar-refractivity contribution in [1.82, 2.24) is 39.7 Å². The number of carboxylic acids is 1. The quantitative estimate of drug-likeness (QED) is 0.194. The maximum atomic E-state index is 15.8. The van der Waals surface area contributed by atoms with Gasteiger partial charge in [0.05, 0.1) is 29.1 Å². The number of aromatic nitrogens is 8. The molecule has 0 fully saturated rings. The number of hydrogen-bond acceptors (Lipinski definition) is 7. The van der Waals surface area contributed by atoms with Gasteiger partial charge in [0.1, 0.15) is 11.4 Å². The number of hydrogen-bond donors (Lipinski definition) is 2. The summed E-state index contributed by atoms with van der Waals surface area (Å²) in [4.78, 5) is 24.1. The molecule has 0 saturated heterocycles. The number of nitrogens with zero attached hydrogens (tertiary/aromatic N) is 7. The van der Waals surface area contributed by atoms with Crippen molar-refractivity contribution in [1.29, 1.82) is 0 Å². The average Bonchev–Trinajstić information content (AvgIpc) is 3.88. The number of H-pyrrole nitrogens is 1. The van der Waals surface area contributed by atoms with E-state index in [1.165, 1.54) is 6.20 Å². The molecule has 0 aliphatic carbocycles. The lowest BCUT2D eigenvalue weighted by atomic mass is 9.75. The van der Waals surface area contributed by atoms with Crippen molar-refractivity contribution in [2.75, 3.05) is 0 Å². The first-order chi connectivity index (χ1) is 24.3. The molecule has 0 saturated carbocycles. The number of aromatic amines is 1. The Balaban J connectivity index is 1.36. The number of ether oxygens (including phenoxy) is 1. The zero-order chi connectivity index (χ0) is 36.1. The van der Waals surface area contributed by atoms with Gasteiger partial charge in [0, 0.05) is 48.1 Å². The molecule has 0 spiro atoms. The van der Waals surface area contributed by atoms with Gasteiger partial charge in [0.2, 0.25) is 5.82 Å². The lowest BCUT2D eigenvalue weighted by Crippen LogP contribution is -2.26. The van der Waals surface area contributed by atoms with Crippen LogP contribution >= 0.6 is 0 Å². The molecule has 1 aliphatic rings. The number of carboxylic acid groups (broad SMARTS) is 1. The molecule has 2 atom stereocenters. The molecule has 7 rings (SSSR count). The van der Waals surface area contributed by atoms with Gasteiger partial charge in [-0.05, 0) is 49.4 Å². The molecule has 6 aromatic rings. The monoisotopic (exact) mass is 694 g/mol. The van der Waals surface area contributed by atoms with Crippen molar-refractivity contribution in [3.63, 3.8) is 0 Å². The number of aliphatic carboxylic acids is 1. The van der Waals surface area contributed by atoms with Crippen LogP contribution in [0.4, 0.5) is 8.78 Å². The van der Waals surface area contributed by atoms with Crippen molar-refractivity contribution in [3.05, 3.63) is 101 Å². The summed E-state index contributed by atoms with van der Waals surface area (Å²) in [6.45, 7) is 8.17. The van der Waals surface area contributed by atoms with Crippen molar-refractivity contribution >= 4 is 16.9 Å². The SMILES string of the molecule is C[C@H](Cc1cccc(C2(C)CCCCC(C)(C)c3cn(nn3)Cc3c(c(F)c(F)c4[nH]ccc34)Oc3ccnc(c3)-c3nc2nn3C)c1)C(=O)O. The van der Waals surface area contributed by atoms with Crippen LogP contribution in [-0.2, 0) is 35.6 Å². The molecule has 2 aromatic carbocycles. The van der Waals surface area contributed by atoms with Gasteiger partial charge in [-0.3, -0.25) is 9.78 Å². The highest BCUT2D eigenvalue weighted by Gasteiger charge is 2.35. The lowest BCUT2D eigenvalue weighted by Gasteiger charge is -2.29. The first kappa shape index (κ1) is 34.0. The number of nitrogens with one attached hydrogen (secondary N) is 1. The molecular formula is C38H40F2N8O3. The molecule has 0 amide bonds. The van der Waals surface area contributed by atoms with Gasteiger partial charge in [0.25, 0.3) is 0 Å². The Bertz CT molecular complexity index is 2260. The molecule has 11 nitrogen and oxygen atoms in total. The second-order valence-electron chi connectivity index (χ2n) is 14.4. The Hall–Kier alpha value is -5.46. The van der Waals surface area contributed by atoms with Crippen LogP contribution in [-0.4, -0.2) is 50.8 Å². The first-order valence-electron chi connectivity index (χ1n) is 17.1. The van der Waals surface area contributed by atoms with Gasteiger partial charge in [-0.25, -0.2) is 18.7 Å². The standard InChI is InChI=1S/C38H40F2N8O3/c1-22(35(49)50)17-23-9-8-10-24(18-23)38(4)14-7-6-13-37(2,3)29-21-48(46-44-29)20-27-26-12-16-42-32(26)30(39)31(40)33(27)51-25-11-15-41-28(19-25)34-43-36(38)45-47(34)5/h8-12,15-16,18-19,21-22,42H,6-7,13-14,17,20H2,1-5H3,(H,49,50)/t22-,38?/m1/s1. The van der Waals surface area contributed by atoms with E-state index in [9.17, 15) is 9.90 Å². The molecule has 51 heavy (non-hydrogen) atoms. The van der Waals surface area contributed by atoms with Crippen LogP contribution in [0.5, 0.6) is 11.5 Å². The van der Waals surface area contributed by atoms with Crippen LogP contribution in [0.25, 0.3) is 22.4 Å². The molecular weight excluding hydrogens is 654 g/mol. The van der Waals surface area contributed by atoms with Gasteiger partial charge < -0.3 is 14.8 Å². The van der Waals surface area contributed by atoms with Crippen LogP contribution in [0.15, 0.2) is 61.1 Å². The molecule has 1 aliphatic heterocycles. The van der Waals surface area contributed by atoms with E-state index < -0.39 is 28.9 Å². The van der Waals surface area contributed by atoms with Crippen LogP contribution in [0, 0.1) is 17.6 Å². The van der Waals surface area contributed by atoms with Gasteiger partial charge >= 0.3 is 5.97 Å². The van der Waals surface area contributed by atoms with E-state index in [1.54, 1.807) is 47.7 Å². The first-order valence-corrected chi connectivity index (χ1v) is 17.1. The highest BCUT2D eigenvalue weighted by Crippen LogP contribution is 2.40. The van der Waals surface area contributed by atoms with Crippen LogP contribution in [0.1, 0.15) is 81.6 Å². The molecule has 4 aromatic heterocycles. The fourth-order valence-corrected chi connectivity index (χ4v) is 6.98. The number of aryl methyl sites for hydroxylation is 1. The largest absolute Gasteiger partial charge is 0.481 e.